The quantitative estimate of drug-likeness (QED) is 0.292. The fourth-order valence-corrected chi connectivity index (χ4v) is 2.58. The largest absolute Gasteiger partial charge is 0.372 e. The topological polar surface area (TPSA) is 23.6 Å². The summed E-state index contributed by atoms with van der Waals surface area (Å²) < 4.78 is 0. The van der Waals surface area contributed by atoms with Crippen LogP contribution < -0.4 is 0 Å². The van der Waals surface area contributed by atoms with Crippen molar-refractivity contribution < 1.29 is 4.79 Å². The van der Waals surface area contributed by atoms with Crippen LogP contribution >= 0.6 is 12.2 Å². The predicted molar refractivity (Wildman–Crippen MR) is 100 cm³/mol. The van der Waals surface area contributed by atoms with E-state index in [0.717, 1.165) is 25.9 Å². The summed E-state index contributed by atoms with van der Waals surface area (Å²) in [5.41, 5.74) is 0.488. The number of Topliss-reactive ketones (excluding diaryl/α,β-unsaturated/α-hetero) is 1. The Morgan fingerprint density at radius 1 is 1.09 bits per heavy atom. The third kappa shape index (κ3) is 8.44. The Morgan fingerprint density at radius 3 is 2.14 bits per heavy atom. The maximum Gasteiger partial charge on any atom is 0.219 e. The van der Waals surface area contributed by atoms with Crippen molar-refractivity contribution in [2.45, 2.75) is 46.5 Å². The second kappa shape index (κ2) is 12.5. The second-order valence-corrected chi connectivity index (χ2v) is 6.05. The summed E-state index contributed by atoms with van der Waals surface area (Å²) in [7, 11) is 1.91. The molecule has 4 heteroatoms. The molecular weight excluding hydrogens is 292 g/mol. The van der Waals surface area contributed by atoms with E-state index < -0.39 is 0 Å². The highest BCUT2D eigenvalue weighted by Crippen LogP contribution is 2.06. The monoisotopic (exact) mass is 324 g/mol. The molecule has 126 valence electrons. The van der Waals surface area contributed by atoms with Crippen LogP contribution in [0.15, 0.2) is 24.4 Å². The molecule has 0 atom stereocenters. The third-order valence-corrected chi connectivity index (χ3v) is 3.88. The van der Waals surface area contributed by atoms with E-state index in [9.17, 15) is 4.79 Å². The summed E-state index contributed by atoms with van der Waals surface area (Å²) >= 11 is 5.07. The van der Waals surface area contributed by atoms with Crippen LogP contribution in [0.2, 0.25) is 0 Å². The van der Waals surface area contributed by atoms with Crippen LogP contribution in [-0.4, -0.2) is 53.7 Å². The Kier molecular flexibility index (Phi) is 12.0. The fraction of sp³-hybridized carbons (Fsp3) is 0.667. The minimum Gasteiger partial charge on any atom is -0.372 e. The smallest absolute Gasteiger partial charge is 0.219 e. The normalized spacial score (nSPS) is 11.1. The lowest BCUT2D eigenvalue weighted by Gasteiger charge is -2.23. The number of hydrogen-bond donors (Lipinski definition) is 0. The molecule has 0 spiro atoms. The Balaban J connectivity index is 4.11. The first-order valence-corrected chi connectivity index (χ1v) is 8.72. The number of likely N-dealkylation sites (N-methyl/N-ethyl adjacent to an activating group) is 1. The summed E-state index contributed by atoms with van der Waals surface area (Å²) in [6.07, 6.45) is 8.04. The number of rotatable bonds is 13. The van der Waals surface area contributed by atoms with E-state index >= 15 is 0 Å². The minimum absolute atomic E-state index is 0.144. The number of carbonyl (C=O) groups excluding carboxylic acids is 1. The first-order valence-electron chi connectivity index (χ1n) is 8.31. The standard InChI is InChI=1S/C18H32N2OS/c1-6-11-17(22)18(21)16(4)19(5)14-9-10-15-20(12-7-2)13-8-3/h6,11H,4,7-10,12-15H2,1-3,5H3/b11-6+. The van der Waals surface area contributed by atoms with Gasteiger partial charge in [-0.25, -0.2) is 0 Å². The van der Waals surface area contributed by atoms with Crippen LogP contribution in [0.25, 0.3) is 0 Å². The Bertz CT molecular complexity index is 385. The highest BCUT2D eigenvalue weighted by Gasteiger charge is 2.14. The molecule has 0 aliphatic rings. The molecule has 3 nitrogen and oxygen atoms in total. The number of nitrogens with zero attached hydrogens (tertiary/aromatic N) is 2. The molecule has 0 saturated heterocycles. The van der Waals surface area contributed by atoms with Gasteiger partial charge in [-0.3, -0.25) is 4.79 Å². The molecule has 0 unspecified atom stereocenters. The first-order chi connectivity index (χ1) is 10.5. The summed E-state index contributed by atoms with van der Waals surface area (Å²) in [5.74, 6) is -0.144. The van der Waals surface area contributed by atoms with Gasteiger partial charge in [0, 0.05) is 13.6 Å². The molecular formula is C18H32N2OS. The van der Waals surface area contributed by atoms with Crippen LogP contribution in [0.1, 0.15) is 46.5 Å². The average molecular weight is 325 g/mol. The van der Waals surface area contributed by atoms with E-state index in [4.69, 9.17) is 12.2 Å². The van der Waals surface area contributed by atoms with Gasteiger partial charge in [-0.05, 0) is 58.3 Å². The third-order valence-electron chi connectivity index (χ3n) is 3.56. The van der Waals surface area contributed by atoms with Gasteiger partial charge in [-0.2, -0.15) is 0 Å². The maximum atomic E-state index is 12.0. The van der Waals surface area contributed by atoms with E-state index in [-0.39, 0.29) is 5.78 Å². The van der Waals surface area contributed by atoms with Crippen LogP contribution in [0.3, 0.4) is 0 Å². The van der Waals surface area contributed by atoms with Crippen molar-refractivity contribution >= 4 is 22.9 Å². The summed E-state index contributed by atoms with van der Waals surface area (Å²) in [4.78, 5) is 16.8. The van der Waals surface area contributed by atoms with E-state index in [1.807, 2.05) is 18.9 Å². The van der Waals surface area contributed by atoms with Crippen molar-refractivity contribution in [3.05, 3.63) is 24.4 Å². The van der Waals surface area contributed by atoms with Crippen molar-refractivity contribution in [3.8, 4) is 0 Å². The molecule has 0 aromatic carbocycles. The molecule has 0 radical (unpaired) electrons. The minimum atomic E-state index is -0.144. The lowest BCUT2D eigenvalue weighted by molar-refractivity contribution is -0.110. The summed E-state index contributed by atoms with van der Waals surface area (Å²) in [6.45, 7) is 14.5. The molecule has 0 saturated carbocycles. The van der Waals surface area contributed by atoms with Gasteiger partial charge in [-0.1, -0.05) is 38.7 Å². The van der Waals surface area contributed by atoms with Gasteiger partial charge >= 0.3 is 0 Å². The zero-order valence-corrected chi connectivity index (χ0v) is 15.5. The molecule has 0 aromatic rings. The lowest BCUT2D eigenvalue weighted by Crippen LogP contribution is -2.29. The van der Waals surface area contributed by atoms with Crippen LogP contribution in [-0.2, 0) is 4.79 Å². The van der Waals surface area contributed by atoms with Crippen molar-refractivity contribution in [1.82, 2.24) is 9.80 Å². The molecule has 0 bridgehead atoms. The zero-order valence-electron chi connectivity index (χ0n) is 14.7. The average Bonchev–Trinajstić information content (AvgIpc) is 2.50. The molecule has 0 N–H and O–H groups in total. The van der Waals surface area contributed by atoms with Crippen LogP contribution in [0, 0.1) is 0 Å². The van der Waals surface area contributed by atoms with Crippen molar-refractivity contribution in [2.75, 3.05) is 33.2 Å². The van der Waals surface area contributed by atoms with Gasteiger partial charge in [0.05, 0.1) is 10.6 Å². The number of carbonyl (C=O) groups is 1. The second-order valence-electron chi connectivity index (χ2n) is 5.61. The molecule has 0 aliphatic carbocycles. The van der Waals surface area contributed by atoms with Crippen molar-refractivity contribution in [3.63, 3.8) is 0 Å². The number of thiocarbonyl (C=S) groups is 1. The Morgan fingerprint density at radius 2 is 1.64 bits per heavy atom. The van der Waals surface area contributed by atoms with Crippen LogP contribution in [0.4, 0.5) is 0 Å². The van der Waals surface area contributed by atoms with Gasteiger partial charge in [0.25, 0.3) is 0 Å². The zero-order chi connectivity index (χ0) is 17.0. The Labute approximate surface area is 142 Å². The summed E-state index contributed by atoms with van der Waals surface area (Å²) in [5, 5.41) is 0. The van der Waals surface area contributed by atoms with Crippen molar-refractivity contribution in [1.29, 1.82) is 0 Å². The molecule has 0 rings (SSSR count). The number of ketones is 1. The van der Waals surface area contributed by atoms with Gasteiger partial charge in [0.2, 0.25) is 5.78 Å². The Hall–Kier alpha value is -1.00. The molecule has 0 heterocycles. The molecule has 0 aromatic heterocycles. The predicted octanol–water partition coefficient (Wildman–Crippen LogP) is 3.85. The van der Waals surface area contributed by atoms with Crippen molar-refractivity contribution in [2.24, 2.45) is 0 Å². The molecule has 0 fully saturated rings. The van der Waals surface area contributed by atoms with E-state index in [2.05, 4.69) is 25.3 Å². The highest BCUT2D eigenvalue weighted by atomic mass is 32.1. The fourth-order valence-electron chi connectivity index (χ4n) is 2.33. The van der Waals surface area contributed by atoms with Gasteiger partial charge in [0.15, 0.2) is 0 Å². The van der Waals surface area contributed by atoms with Gasteiger partial charge < -0.3 is 9.80 Å². The number of hydrogen-bond acceptors (Lipinski definition) is 4. The van der Waals surface area contributed by atoms with E-state index in [1.54, 1.807) is 12.2 Å². The number of unbranched alkanes of at least 4 members (excludes halogenated alkanes) is 1. The first kappa shape index (κ1) is 21.0. The van der Waals surface area contributed by atoms with E-state index in [0.29, 0.717) is 10.6 Å². The van der Waals surface area contributed by atoms with Crippen LogP contribution in [0.5, 0.6) is 0 Å². The van der Waals surface area contributed by atoms with Gasteiger partial charge in [0.1, 0.15) is 0 Å². The van der Waals surface area contributed by atoms with E-state index in [1.165, 1.54) is 25.9 Å². The van der Waals surface area contributed by atoms with Gasteiger partial charge in [-0.15, -0.1) is 0 Å². The number of allylic oxidation sites excluding steroid dienone is 3. The lowest BCUT2D eigenvalue weighted by atomic mass is 10.2. The molecule has 22 heavy (non-hydrogen) atoms. The maximum absolute atomic E-state index is 12.0. The molecule has 0 aliphatic heterocycles. The molecule has 0 amide bonds. The SMILES string of the molecule is C=C(C(=O)C(=S)/C=C/C)N(C)CCCCN(CCC)CCC. The highest BCUT2D eigenvalue weighted by molar-refractivity contribution is 7.82. The summed E-state index contributed by atoms with van der Waals surface area (Å²) in [6, 6.07) is 0.